The molecule has 0 unspecified atom stereocenters. The third-order valence-electron chi connectivity index (χ3n) is 5.04. The van der Waals surface area contributed by atoms with Crippen molar-refractivity contribution >= 4 is 11.0 Å². The Morgan fingerprint density at radius 2 is 1.59 bits per heavy atom. The van der Waals surface area contributed by atoms with Crippen molar-refractivity contribution in [1.82, 2.24) is 18.9 Å². The molecule has 0 spiro atoms. The zero-order chi connectivity index (χ0) is 20.5. The molecule has 2 aromatic carbocycles. The molecule has 0 N–H and O–H groups in total. The van der Waals surface area contributed by atoms with Crippen LogP contribution < -0.4 is 11.2 Å². The first-order valence-electron chi connectivity index (χ1n) is 9.49. The van der Waals surface area contributed by atoms with Gasteiger partial charge in [0.25, 0.3) is 5.56 Å². The maximum atomic E-state index is 14.3. The Morgan fingerprint density at radius 3 is 2.28 bits per heavy atom. The van der Waals surface area contributed by atoms with Gasteiger partial charge in [-0.3, -0.25) is 18.6 Å². The number of hydrogen-bond acceptors (Lipinski definition) is 3. The molecule has 7 heteroatoms. The number of rotatable bonds is 5. The SMILES string of the molecule is CCn1nc(C)c2c1c(=O)n(Cc1ccccc1)c(=O)n2Cc1ccccc1F. The molecule has 0 aliphatic rings. The molecule has 0 atom stereocenters. The van der Waals surface area contributed by atoms with Crippen LogP contribution in [-0.4, -0.2) is 18.9 Å². The topological polar surface area (TPSA) is 61.8 Å². The Labute approximate surface area is 166 Å². The summed E-state index contributed by atoms with van der Waals surface area (Å²) in [5, 5.41) is 4.43. The molecule has 2 heterocycles. The second kappa shape index (κ2) is 7.50. The van der Waals surface area contributed by atoms with Crippen molar-refractivity contribution in [3.8, 4) is 0 Å². The standard InChI is InChI=1S/C22H21FN4O2/c1-3-27-20-19(15(2)24-27)25(14-17-11-7-8-12-18(17)23)22(29)26(21(20)28)13-16-9-5-4-6-10-16/h4-12H,3,13-14H2,1-2H3. The zero-order valence-corrected chi connectivity index (χ0v) is 16.3. The van der Waals surface area contributed by atoms with Gasteiger partial charge in [0.05, 0.1) is 24.3 Å². The van der Waals surface area contributed by atoms with E-state index >= 15 is 0 Å². The molecule has 4 rings (SSSR count). The highest BCUT2D eigenvalue weighted by molar-refractivity contribution is 5.77. The van der Waals surface area contributed by atoms with E-state index < -0.39 is 11.5 Å². The molecule has 6 nitrogen and oxygen atoms in total. The summed E-state index contributed by atoms with van der Waals surface area (Å²) in [5.74, 6) is -0.395. The minimum Gasteiger partial charge on any atom is -0.285 e. The summed E-state index contributed by atoms with van der Waals surface area (Å²) in [4.78, 5) is 26.6. The first-order valence-corrected chi connectivity index (χ1v) is 9.49. The third kappa shape index (κ3) is 3.29. The van der Waals surface area contributed by atoms with Crippen LogP contribution in [0.25, 0.3) is 11.0 Å². The van der Waals surface area contributed by atoms with E-state index in [1.807, 2.05) is 37.3 Å². The molecule has 0 bridgehead atoms. The van der Waals surface area contributed by atoms with Gasteiger partial charge in [0.2, 0.25) is 0 Å². The number of hydrogen-bond donors (Lipinski definition) is 0. The van der Waals surface area contributed by atoms with E-state index in [-0.39, 0.29) is 18.6 Å². The molecule has 0 radical (unpaired) electrons. The lowest BCUT2D eigenvalue weighted by Crippen LogP contribution is -2.41. The number of aromatic nitrogens is 4. The summed E-state index contributed by atoms with van der Waals surface area (Å²) in [5.41, 5.74) is 1.73. The van der Waals surface area contributed by atoms with Gasteiger partial charge in [-0.2, -0.15) is 5.10 Å². The van der Waals surface area contributed by atoms with Gasteiger partial charge in [-0.15, -0.1) is 0 Å². The average molecular weight is 392 g/mol. The van der Waals surface area contributed by atoms with E-state index in [9.17, 15) is 14.0 Å². The van der Waals surface area contributed by atoms with Gasteiger partial charge in [-0.25, -0.2) is 9.18 Å². The van der Waals surface area contributed by atoms with Gasteiger partial charge >= 0.3 is 5.69 Å². The van der Waals surface area contributed by atoms with E-state index in [0.717, 1.165) is 5.56 Å². The highest BCUT2D eigenvalue weighted by atomic mass is 19.1. The van der Waals surface area contributed by atoms with Gasteiger partial charge in [0.1, 0.15) is 5.82 Å². The molecular weight excluding hydrogens is 371 g/mol. The van der Waals surface area contributed by atoms with Gasteiger partial charge in [-0.05, 0) is 25.5 Å². The molecule has 0 aliphatic heterocycles. The minimum absolute atomic E-state index is 0.0212. The van der Waals surface area contributed by atoms with Crippen LogP contribution >= 0.6 is 0 Å². The fourth-order valence-corrected chi connectivity index (χ4v) is 3.64. The molecule has 0 saturated carbocycles. The van der Waals surface area contributed by atoms with Gasteiger partial charge < -0.3 is 0 Å². The Kier molecular flexibility index (Phi) is 4.88. The van der Waals surface area contributed by atoms with Crippen molar-refractivity contribution in [1.29, 1.82) is 0 Å². The number of halogens is 1. The van der Waals surface area contributed by atoms with E-state index in [0.29, 0.717) is 28.8 Å². The van der Waals surface area contributed by atoms with Crippen molar-refractivity contribution in [2.45, 2.75) is 33.5 Å². The molecule has 0 aliphatic carbocycles. The van der Waals surface area contributed by atoms with Crippen LogP contribution in [0.5, 0.6) is 0 Å². The van der Waals surface area contributed by atoms with E-state index in [4.69, 9.17) is 0 Å². The second-order valence-corrected chi connectivity index (χ2v) is 6.94. The average Bonchev–Trinajstić information content (AvgIpc) is 3.07. The van der Waals surface area contributed by atoms with Crippen molar-refractivity contribution in [2.75, 3.05) is 0 Å². The number of fused-ring (bicyclic) bond motifs is 1. The van der Waals surface area contributed by atoms with Crippen LogP contribution in [-0.2, 0) is 19.6 Å². The second-order valence-electron chi connectivity index (χ2n) is 6.94. The molecule has 0 saturated heterocycles. The summed E-state index contributed by atoms with van der Waals surface area (Å²) in [6.07, 6.45) is 0. The normalized spacial score (nSPS) is 11.3. The first kappa shape index (κ1) is 18.9. The fourth-order valence-electron chi connectivity index (χ4n) is 3.64. The molecule has 4 aromatic rings. The van der Waals surface area contributed by atoms with Crippen LogP contribution in [0.15, 0.2) is 64.2 Å². The maximum Gasteiger partial charge on any atom is 0.332 e. The van der Waals surface area contributed by atoms with E-state index in [2.05, 4.69) is 5.10 Å². The van der Waals surface area contributed by atoms with Gasteiger partial charge in [0.15, 0.2) is 5.52 Å². The first-order chi connectivity index (χ1) is 14.0. The smallest absolute Gasteiger partial charge is 0.285 e. The summed E-state index contributed by atoms with van der Waals surface area (Å²) in [6.45, 7) is 4.29. The largest absolute Gasteiger partial charge is 0.332 e. The lowest BCUT2D eigenvalue weighted by Gasteiger charge is -2.14. The fraction of sp³-hybridized carbons (Fsp3) is 0.227. The minimum atomic E-state index is -0.478. The summed E-state index contributed by atoms with van der Waals surface area (Å²) < 4.78 is 18.6. The Morgan fingerprint density at radius 1 is 0.897 bits per heavy atom. The number of nitrogens with zero attached hydrogens (tertiary/aromatic N) is 4. The predicted molar refractivity (Wildman–Crippen MR) is 110 cm³/mol. The van der Waals surface area contributed by atoms with Crippen LogP contribution in [0.4, 0.5) is 4.39 Å². The van der Waals surface area contributed by atoms with Crippen molar-refractivity contribution in [3.63, 3.8) is 0 Å². The van der Waals surface area contributed by atoms with Crippen molar-refractivity contribution in [3.05, 3.63) is 98.1 Å². The lowest BCUT2D eigenvalue weighted by atomic mass is 10.2. The monoisotopic (exact) mass is 392 g/mol. The summed E-state index contributed by atoms with van der Waals surface area (Å²) in [6, 6.07) is 15.6. The van der Waals surface area contributed by atoms with Crippen molar-refractivity contribution < 1.29 is 4.39 Å². The highest BCUT2D eigenvalue weighted by Gasteiger charge is 2.21. The van der Waals surface area contributed by atoms with E-state index in [1.165, 1.54) is 15.2 Å². The third-order valence-corrected chi connectivity index (χ3v) is 5.04. The zero-order valence-electron chi connectivity index (χ0n) is 16.3. The van der Waals surface area contributed by atoms with Crippen LogP contribution in [0.1, 0.15) is 23.7 Å². The van der Waals surface area contributed by atoms with Crippen LogP contribution in [0, 0.1) is 12.7 Å². The lowest BCUT2D eigenvalue weighted by molar-refractivity contribution is 0.582. The number of benzene rings is 2. The van der Waals surface area contributed by atoms with Crippen LogP contribution in [0.2, 0.25) is 0 Å². The maximum absolute atomic E-state index is 14.3. The van der Waals surface area contributed by atoms with E-state index in [1.54, 1.807) is 29.8 Å². The summed E-state index contributed by atoms with van der Waals surface area (Å²) >= 11 is 0. The Bertz CT molecular complexity index is 1300. The Hall–Kier alpha value is -3.48. The quantitative estimate of drug-likeness (QED) is 0.525. The molecule has 29 heavy (non-hydrogen) atoms. The molecular formula is C22H21FN4O2. The highest BCUT2D eigenvalue weighted by Crippen LogP contribution is 2.16. The molecule has 148 valence electrons. The molecule has 0 amide bonds. The molecule has 2 aromatic heterocycles. The van der Waals surface area contributed by atoms with Gasteiger partial charge in [-0.1, -0.05) is 48.5 Å². The Balaban J connectivity index is 2.00. The summed E-state index contributed by atoms with van der Waals surface area (Å²) in [7, 11) is 0. The number of aryl methyl sites for hydroxylation is 2. The predicted octanol–water partition coefficient (Wildman–Crippen LogP) is 2.92. The van der Waals surface area contributed by atoms with Crippen molar-refractivity contribution in [2.24, 2.45) is 0 Å². The van der Waals surface area contributed by atoms with Gasteiger partial charge in [0, 0.05) is 12.1 Å². The van der Waals surface area contributed by atoms with Crippen LogP contribution in [0.3, 0.4) is 0 Å². The molecule has 0 fully saturated rings.